The Balaban J connectivity index is 1.68. The van der Waals surface area contributed by atoms with Crippen molar-refractivity contribution < 1.29 is 9.47 Å². The molecule has 0 bridgehead atoms. The maximum atomic E-state index is 6.34. The summed E-state index contributed by atoms with van der Waals surface area (Å²) < 4.78 is 11.4. The number of ether oxygens (including phenoxy) is 2. The Bertz CT molecular complexity index is 492. The van der Waals surface area contributed by atoms with Crippen LogP contribution in [-0.4, -0.2) is 19.3 Å². The van der Waals surface area contributed by atoms with Gasteiger partial charge in [-0.1, -0.05) is 31.4 Å². The zero-order valence-corrected chi connectivity index (χ0v) is 13.4. The van der Waals surface area contributed by atoms with Gasteiger partial charge in [0.25, 0.3) is 0 Å². The predicted molar refractivity (Wildman–Crippen MR) is 85.3 cm³/mol. The number of rotatable bonds is 3. The molecule has 3 rings (SSSR count). The van der Waals surface area contributed by atoms with Crippen LogP contribution < -0.4 is 14.8 Å². The minimum atomic E-state index is 0.619. The summed E-state index contributed by atoms with van der Waals surface area (Å²) in [5.41, 5.74) is 1.17. The Morgan fingerprint density at radius 2 is 1.95 bits per heavy atom. The third-order valence-electron chi connectivity index (χ3n) is 4.54. The lowest BCUT2D eigenvalue weighted by Crippen LogP contribution is -2.36. The number of nitrogens with one attached hydrogen (secondary N) is 1. The molecule has 1 aliphatic heterocycles. The van der Waals surface area contributed by atoms with Crippen LogP contribution in [0.1, 0.15) is 44.6 Å². The van der Waals surface area contributed by atoms with E-state index >= 15 is 0 Å². The average Bonchev–Trinajstić information content (AvgIpc) is 2.72. The molecule has 1 aromatic carbocycles. The highest BCUT2D eigenvalue weighted by molar-refractivity contribution is 6.32. The average molecular weight is 310 g/mol. The molecule has 116 valence electrons. The number of hydrogen-bond acceptors (Lipinski definition) is 3. The van der Waals surface area contributed by atoms with Crippen molar-refractivity contribution in [2.45, 2.75) is 51.6 Å². The fourth-order valence-corrected chi connectivity index (χ4v) is 3.54. The molecule has 1 N–H and O–H groups in total. The van der Waals surface area contributed by atoms with E-state index in [4.69, 9.17) is 21.1 Å². The second-order valence-electron chi connectivity index (χ2n) is 6.20. The van der Waals surface area contributed by atoms with E-state index in [0.717, 1.165) is 24.6 Å². The summed E-state index contributed by atoms with van der Waals surface area (Å²) in [7, 11) is 0. The molecule has 0 aromatic heterocycles. The van der Waals surface area contributed by atoms with Crippen molar-refractivity contribution in [3.8, 4) is 11.5 Å². The van der Waals surface area contributed by atoms with Crippen LogP contribution in [0.25, 0.3) is 0 Å². The van der Waals surface area contributed by atoms with Gasteiger partial charge in [0.05, 0.1) is 18.2 Å². The van der Waals surface area contributed by atoms with Gasteiger partial charge < -0.3 is 14.8 Å². The molecule has 0 amide bonds. The van der Waals surface area contributed by atoms with Crippen molar-refractivity contribution in [3.05, 3.63) is 22.7 Å². The molecule has 3 nitrogen and oxygen atoms in total. The van der Waals surface area contributed by atoms with Gasteiger partial charge in [0, 0.05) is 19.0 Å². The van der Waals surface area contributed by atoms with Crippen LogP contribution >= 0.6 is 11.6 Å². The zero-order chi connectivity index (χ0) is 14.7. The van der Waals surface area contributed by atoms with Crippen LogP contribution in [0.3, 0.4) is 0 Å². The van der Waals surface area contributed by atoms with E-state index in [0.29, 0.717) is 30.0 Å². The van der Waals surface area contributed by atoms with Crippen molar-refractivity contribution in [2.24, 2.45) is 5.92 Å². The molecule has 1 saturated carbocycles. The van der Waals surface area contributed by atoms with Gasteiger partial charge in [-0.2, -0.15) is 0 Å². The normalized spacial score (nSPS) is 25.4. The molecule has 1 aliphatic carbocycles. The highest BCUT2D eigenvalue weighted by Crippen LogP contribution is 2.38. The standard InChI is InChI=1S/C17H24ClNO2/c1-12-5-2-3-6-15(12)19-11-13-9-14(18)17-16(10-13)20-7-4-8-21-17/h9-10,12,15,19H,2-8,11H2,1H3. The minimum absolute atomic E-state index is 0.619. The van der Waals surface area contributed by atoms with Crippen LogP contribution in [-0.2, 0) is 6.54 Å². The Kier molecular flexibility index (Phi) is 4.91. The molecule has 1 fully saturated rings. The van der Waals surface area contributed by atoms with Crippen molar-refractivity contribution in [3.63, 3.8) is 0 Å². The lowest BCUT2D eigenvalue weighted by Gasteiger charge is -2.29. The van der Waals surface area contributed by atoms with E-state index in [1.807, 2.05) is 6.07 Å². The second kappa shape index (κ2) is 6.89. The quantitative estimate of drug-likeness (QED) is 0.909. The molecule has 2 atom stereocenters. The molecule has 0 radical (unpaired) electrons. The van der Waals surface area contributed by atoms with Crippen LogP contribution in [0.5, 0.6) is 11.5 Å². The minimum Gasteiger partial charge on any atom is -0.489 e. The van der Waals surface area contributed by atoms with Crippen LogP contribution in [0, 0.1) is 5.92 Å². The van der Waals surface area contributed by atoms with Crippen LogP contribution in [0.4, 0.5) is 0 Å². The maximum absolute atomic E-state index is 6.34. The highest BCUT2D eigenvalue weighted by Gasteiger charge is 2.21. The van der Waals surface area contributed by atoms with Crippen LogP contribution in [0.15, 0.2) is 12.1 Å². The number of fused-ring (bicyclic) bond motifs is 1. The lowest BCUT2D eigenvalue weighted by molar-refractivity contribution is 0.279. The third kappa shape index (κ3) is 3.64. The van der Waals surface area contributed by atoms with Crippen LogP contribution in [0.2, 0.25) is 5.02 Å². The molecular weight excluding hydrogens is 286 g/mol. The molecule has 0 saturated heterocycles. The van der Waals surface area contributed by atoms with E-state index < -0.39 is 0 Å². The number of halogens is 1. The molecular formula is C17H24ClNO2. The Morgan fingerprint density at radius 3 is 2.81 bits per heavy atom. The lowest BCUT2D eigenvalue weighted by atomic mass is 9.86. The molecule has 1 aromatic rings. The molecule has 2 aliphatic rings. The fraction of sp³-hybridized carbons (Fsp3) is 0.647. The van der Waals surface area contributed by atoms with E-state index in [2.05, 4.69) is 18.3 Å². The van der Waals surface area contributed by atoms with E-state index in [-0.39, 0.29) is 0 Å². The van der Waals surface area contributed by atoms with E-state index in [1.165, 1.54) is 31.2 Å². The summed E-state index contributed by atoms with van der Waals surface area (Å²) in [6.07, 6.45) is 6.22. The molecule has 21 heavy (non-hydrogen) atoms. The summed E-state index contributed by atoms with van der Waals surface area (Å²) >= 11 is 6.34. The Morgan fingerprint density at radius 1 is 1.14 bits per heavy atom. The van der Waals surface area contributed by atoms with Gasteiger partial charge in [-0.25, -0.2) is 0 Å². The van der Waals surface area contributed by atoms with Gasteiger partial charge in [0.15, 0.2) is 11.5 Å². The van der Waals surface area contributed by atoms with E-state index in [9.17, 15) is 0 Å². The third-order valence-corrected chi connectivity index (χ3v) is 4.82. The second-order valence-corrected chi connectivity index (χ2v) is 6.61. The SMILES string of the molecule is CC1CCCCC1NCc1cc(Cl)c2c(c1)OCCCO2. The topological polar surface area (TPSA) is 30.5 Å². The summed E-state index contributed by atoms with van der Waals surface area (Å²) in [6.45, 7) is 4.55. The van der Waals surface area contributed by atoms with Crippen molar-refractivity contribution in [2.75, 3.05) is 13.2 Å². The Hall–Kier alpha value is -0.930. The van der Waals surface area contributed by atoms with Crippen molar-refractivity contribution in [1.82, 2.24) is 5.32 Å². The first-order chi connectivity index (χ1) is 10.2. The van der Waals surface area contributed by atoms with Gasteiger partial charge in [-0.3, -0.25) is 0 Å². The molecule has 0 spiro atoms. The number of benzene rings is 1. The first-order valence-corrected chi connectivity index (χ1v) is 8.43. The molecule has 4 heteroatoms. The summed E-state index contributed by atoms with van der Waals surface area (Å²) in [6, 6.07) is 4.68. The van der Waals surface area contributed by atoms with Crippen molar-refractivity contribution in [1.29, 1.82) is 0 Å². The smallest absolute Gasteiger partial charge is 0.179 e. The van der Waals surface area contributed by atoms with Crippen molar-refractivity contribution >= 4 is 11.6 Å². The first-order valence-electron chi connectivity index (χ1n) is 8.05. The van der Waals surface area contributed by atoms with Gasteiger partial charge in [-0.15, -0.1) is 0 Å². The summed E-state index contributed by atoms with van der Waals surface area (Å²) in [4.78, 5) is 0. The molecule has 2 unspecified atom stereocenters. The summed E-state index contributed by atoms with van der Waals surface area (Å²) in [5.74, 6) is 2.24. The fourth-order valence-electron chi connectivity index (χ4n) is 3.25. The largest absolute Gasteiger partial charge is 0.489 e. The van der Waals surface area contributed by atoms with E-state index in [1.54, 1.807) is 0 Å². The Labute approximate surface area is 132 Å². The van der Waals surface area contributed by atoms with Gasteiger partial charge in [0.2, 0.25) is 0 Å². The number of hydrogen-bond donors (Lipinski definition) is 1. The first kappa shape index (κ1) is 15.0. The monoisotopic (exact) mass is 309 g/mol. The maximum Gasteiger partial charge on any atom is 0.179 e. The highest BCUT2D eigenvalue weighted by atomic mass is 35.5. The summed E-state index contributed by atoms with van der Waals surface area (Å²) in [5, 5.41) is 4.34. The van der Waals surface area contributed by atoms with Gasteiger partial charge >= 0.3 is 0 Å². The van der Waals surface area contributed by atoms with Gasteiger partial charge in [-0.05, 0) is 36.5 Å². The molecule has 1 heterocycles. The van der Waals surface area contributed by atoms with Gasteiger partial charge in [0.1, 0.15) is 0 Å². The predicted octanol–water partition coefficient (Wildman–Crippen LogP) is 4.17. The zero-order valence-electron chi connectivity index (χ0n) is 12.7.